The zero-order valence-corrected chi connectivity index (χ0v) is 15.5. The maximum Gasteiger partial charge on any atom is 0.255 e. The Kier molecular flexibility index (Phi) is 5.41. The third kappa shape index (κ3) is 3.71. The van der Waals surface area contributed by atoms with Crippen LogP contribution in [0.25, 0.3) is 0 Å². The maximum atomic E-state index is 12.2. The Morgan fingerprint density at radius 2 is 1.65 bits per heavy atom. The van der Waals surface area contributed by atoms with Crippen molar-refractivity contribution in [1.29, 1.82) is 0 Å². The number of anilines is 1. The molecule has 0 fully saturated rings. The highest BCUT2D eigenvalue weighted by Crippen LogP contribution is 2.32. The average Bonchev–Trinajstić information content (AvgIpc) is 2.42. The van der Waals surface area contributed by atoms with Crippen molar-refractivity contribution in [2.24, 2.45) is 0 Å². The van der Waals surface area contributed by atoms with E-state index in [-0.39, 0.29) is 5.91 Å². The summed E-state index contributed by atoms with van der Waals surface area (Å²) in [5, 5.41) is 3.70. The molecule has 0 spiro atoms. The zero-order chi connectivity index (χ0) is 14.7. The first-order valence-corrected chi connectivity index (χ1v) is 8.64. The second-order valence-corrected chi connectivity index (χ2v) is 6.66. The number of hydrogen-bond donors (Lipinski definition) is 1. The second kappa shape index (κ2) is 6.87. The first kappa shape index (κ1) is 15.7. The molecule has 0 aliphatic heterocycles. The lowest BCUT2D eigenvalue weighted by Crippen LogP contribution is -2.12. The Balaban J connectivity index is 2.23. The summed E-state index contributed by atoms with van der Waals surface area (Å²) in [6.07, 6.45) is 0. The van der Waals surface area contributed by atoms with Gasteiger partial charge in [0.15, 0.2) is 0 Å². The van der Waals surface area contributed by atoms with Gasteiger partial charge < -0.3 is 5.32 Å². The van der Waals surface area contributed by atoms with Crippen LogP contribution in [-0.4, -0.2) is 5.91 Å². The van der Waals surface area contributed by atoms with Gasteiger partial charge in [0.2, 0.25) is 0 Å². The number of benzene rings is 2. The van der Waals surface area contributed by atoms with Crippen molar-refractivity contribution in [1.82, 2.24) is 0 Å². The standard InChI is InChI=1S/C15H12Br3NO/c1-9-6-12(17)14(13(18)7-9)19-15(20)11-4-2-10(8-16)3-5-11/h2-7H,8H2,1H3,(H,19,20). The predicted octanol–water partition coefficient (Wildman–Crippen LogP) is 5.67. The van der Waals surface area contributed by atoms with Crippen LogP contribution < -0.4 is 5.32 Å². The molecule has 0 radical (unpaired) electrons. The number of carbonyl (C=O) groups excluding carboxylic acids is 1. The summed E-state index contributed by atoms with van der Waals surface area (Å²) in [5.41, 5.74) is 3.63. The van der Waals surface area contributed by atoms with Crippen LogP contribution >= 0.6 is 47.8 Å². The molecular formula is C15H12Br3NO. The Bertz CT molecular complexity index is 615. The van der Waals surface area contributed by atoms with E-state index < -0.39 is 0 Å². The molecule has 0 atom stereocenters. The van der Waals surface area contributed by atoms with Crippen LogP contribution in [0.3, 0.4) is 0 Å². The molecule has 1 N–H and O–H groups in total. The first-order chi connectivity index (χ1) is 9.51. The van der Waals surface area contributed by atoms with Crippen molar-refractivity contribution in [3.63, 3.8) is 0 Å². The van der Waals surface area contributed by atoms with Gasteiger partial charge in [0.1, 0.15) is 0 Å². The number of hydrogen-bond acceptors (Lipinski definition) is 1. The van der Waals surface area contributed by atoms with E-state index in [0.29, 0.717) is 5.56 Å². The van der Waals surface area contributed by atoms with Crippen LogP contribution in [0.1, 0.15) is 21.5 Å². The number of alkyl halides is 1. The number of rotatable bonds is 3. The normalized spacial score (nSPS) is 10.4. The Labute approximate surface area is 143 Å². The van der Waals surface area contributed by atoms with Gasteiger partial charge in [-0.3, -0.25) is 4.79 Å². The van der Waals surface area contributed by atoms with Crippen LogP contribution in [0.15, 0.2) is 45.3 Å². The smallest absolute Gasteiger partial charge is 0.255 e. The molecule has 0 saturated carbocycles. The van der Waals surface area contributed by atoms with Crippen LogP contribution in [0.4, 0.5) is 5.69 Å². The molecule has 0 heterocycles. The van der Waals surface area contributed by atoms with Gasteiger partial charge >= 0.3 is 0 Å². The summed E-state index contributed by atoms with van der Waals surface area (Å²) < 4.78 is 1.71. The van der Waals surface area contributed by atoms with E-state index in [1.165, 1.54) is 0 Å². The molecule has 0 unspecified atom stereocenters. The quantitative estimate of drug-likeness (QED) is 0.586. The van der Waals surface area contributed by atoms with Crippen molar-refractivity contribution in [3.05, 3.63) is 62.0 Å². The summed E-state index contributed by atoms with van der Waals surface area (Å²) in [7, 11) is 0. The van der Waals surface area contributed by atoms with Crippen molar-refractivity contribution in [2.45, 2.75) is 12.3 Å². The van der Waals surface area contributed by atoms with E-state index >= 15 is 0 Å². The van der Waals surface area contributed by atoms with Gasteiger partial charge in [0, 0.05) is 19.8 Å². The largest absolute Gasteiger partial charge is 0.320 e. The zero-order valence-electron chi connectivity index (χ0n) is 10.7. The van der Waals surface area contributed by atoms with E-state index in [1.54, 1.807) is 0 Å². The van der Waals surface area contributed by atoms with Crippen LogP contribution in [0.5, 0.6) is 0 Å². The van der Waals surface area contributed by atoms with E-state index in [4.69, 9.17) is 0 Å². The van der Waals surface area contributed by atoms with Crippen LogP contribution in [-0.2, 0) is 5.33 Å². The van der Waals surface area contributed by atoms with Gasteiger partial charge in [-0.1, -0.05) is 28.1 Å². The van der Waals surface area contributed by atoms with Crippen LogP contribution in [0.2, 0.25) is 0 Å². The van der Waals surface area contributed by atoms with E-state index in [9.17, 15) is 4.79 Å². The third-order valence-corrected chi connectivity index (χ3v) is 4.69. The summed E-state index contributed by atoms with van der Waals surface area (Å²) >= 11 is 10.3. The molecule has 2 aromatic carbocycles. The summed E-state index contributed by atoms with van der Waals surface area (Å²) in [5.74, 6) is -0.128. The molecule has 2 aromatic rings. The Morgan fingerprint density at radius 1 is 1.10 bits per heavy atom. The van der Waals surface area contributed by atoms with Crippen molar-refractivity contribution >= 4 is 59.4 Å². The first-order valence-electron chi connectivity index (χ1n) is 5.93. The molecule has 1 amide bonds. The molecule has 0 aliphatic carbocycles. The Morgan fingerprint density at radius 3 is 2.15 bits per heavy atom. The number of nitrogens with one attached hydrogen (secondary N) is 1. The topological polar surface area (TPSA) is 29.1 Å². The molecule has 20 heavy (non-hydrogen) atoms. The lowest BCUT2D eigenvalue weighted by molar-refractivity contribution is 0.102. The van der Waals surface area contributed by atoms with E-state index in [1.807, 2.05) is 43.3 Å². The lowest BCUT2D eigenvalue weighted by atomic mass is 10.1. The van der Waals surface area contributed by atoms with Gasteiger partial charge in [-0.2, -0.15) is 0 Å². The number of amides is 1. The SMILES string of the molecule is Cc1cc(Br)c(NC(=O)c2ccc(CBr)cc2)c(Br)c1. The molecular weight excluding hydrogens is 450 g/mol. The average molecular weight is 462 g/mol. The van der Waals surface area contributed by atoms with Gasteiger partial charge in [0.25, 0.3) is 5.91 Å². The molecule has 5 heteroatoms. The predicted molar refractivity (Wildman–Crippen MR) is 93.6 cm³/mol. The highest BCUT2D eigenvalue weighted by Gasteiger charge is 2.11. The minimum absolute atomic E-state index is 0.128. The molecule has 0 aromatic heterocycles. The van der Waals surface area contributed by atoms with E-state index in [2.05, 4.69) is 53.1 Å². The monoisotopic (exact) mass is 459 g/mol. The summed E-state index contributed by atoms with van der Waals surface area (Å²) in [6, 6.07) is 11.4. The highest BCUT2D eigenvalue weighted by atomic mass is 79.9. The molecule has 0 saturated heterocycles. The van der Waals surface area contributed by atoms with Crippen LogP contribution in [0, 0.1) is 6.92 Å². The number of aryl methyl sites for hydroxylation is 1. The number of halogens is 3. The van der Waals surface area contributed by atoms with Gasteiger partial charge in [-0.25, -0.2) is 0 Å². The maximum absolute atomic E-state index is 12.2. The molecule has 0 aliphatic rings. The molecule has 2 nitrogen and oxygen atoms in total. The van der Waals surface area contributed by atoms with Crippen molar-refractivity contribution < 1.29 is 4.79 Å². The fourth-order valence-electron chi connectivity index (χ4n) is 1.75. The van der Waals surface area contributed by atoms with Gasteiger partial charge in [0.05, 0.1) is 5.69 Å². The second-order valence-electron chi connectivity index (χ2n) is 4.39. The minimum Gasteiger partial charge on any atom is -0.320 e. The molecule has 0 bridgehead atoms. The van der Waals surface area contributed by atoms with Crippen molar-refractivity contribution in [2.75, 3.05) is 5.32 Å². The summed E-state index contributed by atoms with van der Waals surface area (Å²) in [4.78, 5) is 12.2. The van der Waals surface area contributed by atoms with Gasteiger partial charge in [-0.05, 0) is 74.2 Å². The highest BCUT2D eigenvalue weighted by molar-refractivity contribution is 9.11. The third-order valence-electron chi connectivity index (χ3n) is 2.80. The van der Waals surface area contributed by atoms with E-state index in [0.717, 1.165) is 31.1 Å². The fourth-order valence-corrected chi connectivity index (χ4v) is 3.74. The minimum atomic E-state index is -0.128. The number of carbonyl (C=O) groups is 1. The fraction of sp³-hybridized carbons (Fsp3) is 0.133. The lowest BCUT2D eigenvalue weighted by Gasteiger charge is -2.11. The van der Waals surface area contributed by atoms with Gasteiger partial charge in [-0.15, -0.1) is 0 Å². The molecule has 2 rings (SSSR count). The molecule has 104 valence electrons. The van der Waals surface area contributed by atoms with Crippen molar-refractivity contribution in [3.8, 4) is 0 Å². The summed E-state index contributed by atoms with van der Waals surface area (Å²) in [6.45, 7) is 2.00. The Hall–Kier alpha value is -0.650.